The van der Waals surface area contributed by atoms with E-state index in [1.807, 2.05) is 13.0 Å². The standard InChI is InChI=1S/C44H39N7O10/c1-2-21-61-38-34(20-19-33(37(38)53)42(57)48-31-17-13-30(14-18-31)44(59)60)50-40(55)29-11-15-32(16-12-29)49-43(58)35(22-36(46)52)51-41(56)28-9-5-26(6-10-28)24-47-39(54)27-7-3-25(23-45)4-8-27/h3-20,35,53H,2,21-22,24H2,1H3,(H2,46,52)(H,47,54)(H,48,57)(H,49,58)(H,50,55)(H,51,56)(H,59,60)/t35-/m0/s1. The zero-order chi connectivity index (χ0) is 44.1. The van der Waals surface area contributed by atoms with Gasteiger partial charge < -0.3 is 47.3 Å². The Bertz CT molecular complexity index is 2500. The van der Waals surface area contributed by atoms with Crippen molar-refractivity contribution in [3.8, 4) is 17.6 Å². The van der Waals surface area contributed by atoms with Crippen LogP contribution in [0.4, 0.5) is 17.1 Å². The minimum atomic E-state index is -1.36. The summed E-state index contributed by atoms with van der Waals surface area (Å²) < 4.78 is 5.71. The van der Waals surface area contributed by atoms with E-state index in [-0.39, 0.29) is 64.1 Å². The van der Waals surface area contributed by atoms with E-state index in [9.17, 15) is 38.7 Å². The molecule has 0 saturated carbocycles. The summed E-state index contributed by atoms with van der Waals surface area (Å²) in [5.41, 5.74) is 7.55. The highest BCUT2D eigenvalue weighted by molar-refractivity contribution is 6.10. The zero-order valence-electron chi connectivity index (χ0n) is 32.5. The number of primary amides is 1. The molecule has 0 bridgehead atoms. The number of aromatic hydroxyl groups is 1. The van der Waals surface area contributed by atoms with Crippen LogP contribution in [-0.4, -0.2) is 64.3 Å². The van der Waals surface area contributed by atoms with Crippen LogP contribution in [-0.2, 0) is 16.1 Å². The van der Waals surface area contributed by atoms with Crippen LogP contribution in [0.2, 0.25) is 0 Å². The van der Waals surface area contributed by atoms with Crippen molar-refractivity contribution < 1.29 is 48.5 Å². The van der Waals surface area contributed by atoms with Gasteiger partial charge in [0.1, 0.15) is 6.04 Å². The van der Waals surface area contributed by atoms with Crippen LogP contribution in [0.25, 0.3) is 0 Å². The summed E-state index contributed by atoms with van der Waals surface area (Å²) in [5, 5.41) is 42.2. The normalized spacial score (nSPS) is 10.9. The molecule has 1 atom stereocenters. The lowest BCUT2D eigenvalue weighted by atomic mass is 10.1. The van der Waals surface area contributed by atoms with E-state index in [1.165, 1.54) is 97.1 Å². The number of nitrogens with one attached hydrogen (secondary N) is 5. The molecule has 0 aliphatic heterocycles. The third kappa shape index (κ3) is 11.8. The first kappa shape index (κ1) is 43.6. The fourth-order valence-electron chi connectivity index (χ4n) is 5.63. The van der Waals surface area contributed by atoms with Crippen molar-refractivity contribution in [2.45, 2.75) is 32.4 Å². The summed E-state index contributed by atoms with van der Waals surface area (Å²) in [4.78, 5) is 88.1. The number of carbonyl (C=O) groups is 7. The predicted molar refractivity (Wildman–Crippen MR) is 222 cm³/mol. The lowest BCUT2D eigenvalue weighted by molar-refractivity contribution is -0.123. The highest BCUT2D eigenvalue weighted by atomic mass is 16.5. The number of hydrogen-bond acceptors (Lipinski definition) is 10. The van der Waals surface area contributed by atoms with Crippen LogP contribution in [0.5, 0.6) is 11.5 Å². The molecule has 0 saturated heterocycles. The van der Waals surface area contributed by atoms with E-state index in [2.05, 4.69) is 26.6 Å². The Morgan fingerprint density at radius 3 is 1.84 bits per heavy atom. The zero-order valence-corrected chi connectivity index (χ0v) is 32.5. The van der Waals surface area contributed by atoms with Crippen LogP contribution in [0.15, 0.2) is 109 Å². The van der Waals surface area contributed by atoms with Crippen molar-refractivity contribution in [3.63, 3.8) is 0 Å². The second kappa shape index (κ2) is 20.3. The van der Waals surface area contributed by atoms with Crippen LogP contribution in [0, 0.1) is 11.3 Å². The number of anilines is 3. The van der Waals surface area contributed by atoms with Gasteiger partial charge in [0.2, 0.25) is 11.8 Å². The van der Waals surface area contributed by atoms with Crippen molar-refractivity contribution in [1.29, 1.82) is 5.26 Å². The molecule has 17 nitrogen and oxygen atoms in total. The first-order valence-electron chi connectivity index (χ1n) is 18.6. The van der Waals surface area contributed by atoms with Gasteiger partial charge in [-0.25, -0.2) is 4.79 Å². The second-order valence-electron chi connectivity index (χ2n) is 13.3. The molecule has 0 unspecified atom stereocenters. The fraction of sp³-hybridized carbons (Fsp3) is 0.136. The van der Waals surface area contributed by atoms with Crippen LogP contribution < -0.4 is 37.1 Å². The molecule has 0 aliphatic rings. The molecule has 5 aromatic carbocycles. The first-order chi connectivity index (χ1) is 29.3. The van der Waals surface area contributed by atoms with Gasteiger partial charge in [-0.1, -0.05) is 19.1 Å². The Hall–Kier alpha value is -8.52. The maximum absolute atomic E-state index is 13.3. The topological polar surface area (TPSA) is 279 Å². The number of phenols is 1. The quantitative estimate of drug-likeness (QED) is 0.0631. The minimum Gasteiger partial charge on any atom is -0.504 e. The number of nitrogens with zero attached hydrogens (tertiary/aromatic N) is 1. The maximum Gasteiger partial charge on any atom is 0.335 e. The third-order valence-corrected chi connectivity index (χ3v) is 8.85. The highest BCUT2D eigenvalue weighted by Crippen LogP contribution is 2.38. The van der Waals surface area contributed by atoms with Crippen molar-refractivity contribution >= 4 is 58.5 Å². The number of amides is 6. The Morgan fingerprint density at radius 1 is 0.689 bits per heavy atom. The number of rotatable bonds is 17. The summed E-state index contributed by atoms with van der Waals surface area (Å²) in [7, 11) is 0. The van der Waals surface area contributed by atoms with Gasteiger partial charge >= 0.3 is 5.97 Å². The minimum absolute atomic E-state index is 0.0234. The number of benzene rings is 5. The molecule has 0 radical (unpaired) electrons. The largest absolute Gasteiger partial charge is 0.504 e. The predicted octanol–water partition coefficient (Wildman–Crippen LogP) is 4.80. The number of hydrogen-bond donors (Lipinski definition) is 8. The van der Waals surface area contributed by atoms with Crippen molar-refractivity contribution in [2.24, 2.45) is 5.73 Å². The number of carboxylic acids is 1. The molecular formula is C44H39N7O10. The Morgan fingerprint density at radius 2 is 1.25 bits per heavy atom. The van der Waals surface area contributed by atoms with E-state index in [0.29, 0.717) is 23.1 Å². The molecule has 6 amide bonds. The Balaban J connectivity index is 1.19. The summed E-state index contributed by atoms with van der Waals surface area (Å²) >= 11 is 0. The molecule has 0 aliphatic carbocycles. The van der Waals surface area contributed by atoms with E-state index in [0.717, 1.165) is 0 Å². The van der Waals surface area contributed by atoms with Gasteiger partial charge in [0, 0.05) is 34.6 Å². The summed E-state index contributed by atoms with van der Waals surface area (Å²) in [6.45, 7) is 2.11. The van der Waals surface area contributed by atoms with Crippen molar-refractivity contribution in [3.05, 3.63) is 148 Å². The van der Waals surface area contributed by atoms with Gasteiger partial charge in [-0.05, 0) is 109 Å². The van der Waals surface area contributed by atoms with Crippen LogP contribution in [0.1, 0.15) is 82.7 Å². The maximum atomic E-state index is 13.3. The number of nitriles is 1. The molecule has 0 fully saturated rings. The fourth-order valence-corrected chi connectivity index (χ4v) is 5.63. The van der Waals surface area contributed by atoms with Gasteiger partial charge in [0.25, 0.3) is 23.6 Å². The van der Waals surface area contributed by atoms with Gasteiger partial charge in [-0.2, -0.15) is 5.26 Å². The smallest absolute Gasteiger partial charge is 0.335 e. The van der Waals surface area contributed by atoms with E-state index in [4.69, 9.17) is 20.8 Å². The first-order valence-corrected chi connectivity index (χ1v) is 18.6. The monoisotopic (exact) mass is 825 g/mol. The molecule has 17 heteroatoms. The molecule has 9 N–H and O–H groups in total. The van der Waals surface area contributed by atoms with Gasteiger partial charge in [-0.15, -0.1) is 0 Å². The van der Waals surface area contributed by atoms with E-state index < -0.39 is 53.7 Å². The molecule has 0 aromatic heterocycles. The lowest BCUT2D eigenvalue weighted by Crippen LogP contribution is -2.46. The van der Waals surface area contributed by atoms with E-state index in [1.54, 1.807) is 12.1 Å². The number of carboxylic acid groups (broad SMARTS) is 1. The Kier molecular flexibility index (Phi) is 14.5. The van der Waals surface area contributed by atoms with Crippen LogP contribution >= 0.6 is 0 Å². The number of nitrogens with two attached hydrogens (primary N) is 1. The molecule has 0 heterocycles. The molecule has 310 valence electrons. The lowest BCUT2D eigenvalue weighted by Gasteiger charge is -2.18. The van der Waals surface area contributed by atoms with Gasteiger partial charge in [0.05, 0.1) is 41.5 Å². The molecule has 0 spiro atoms. The number of ether oxygens (including phenoxy) is 1. The third-order valence-electron chi connectivity index (χ3n) is 8.85. The van der Waals surface area contributed by atoms with Crippen LogP contribution in [0.3, 0.4) is 0 Å². The van der Waals surface area contributed by atoms with Gasteiger partial charge in [0.15, 0.2) is 11.5 Å². The van der Waals surface area contributed by atoms with E-state index >= 15 is 0 Å². The van der Waals surface area contributed by atoms with Crippen molar-refractivity contribution in [1.82, 2.24) is 10.6 Å². The average molecular weight is 826 g/mol. The summed E-state index contributed by atoms with van der Waals surface area (Å²) in [6, 6.07) is 26.6. The summed E-state index contributed by atoms with van der Waals surface area (Å²) in [5.74, 6) is -5.81. The Labute approximate surface area is 348 Å². The summed E-state index contributed by atoms with van der Waals surface area (Å²) in [6.07, 6.45) is 0.0161. The highest BCUT2D eigenvalue weighted by Gasteiger charge is 2.25. The molecule has 61 heavy (non-hydrogen) atoms. The number of aromatic carboxylic acids is 1. The van der Waals surface area contributed by atoms with Gasteiger partial charge in [-0.3, -0.25) is 28.8 Å². The average Bonchev–Trinajstić information content (AvgIpc) is 3.25. The molecule has 5 rings (SSSR count). The number of carbonyl (C=O) groups excluding carboxylic acids is 6. The number of phenolic OH excluding ortho intramolecular Hbond substituents is 1. The molecular weight excluding hydrogens is 787 g/mol. The SMILES string of the molecule is CCCOc1c(NC(=O)c2ccc(NC(=O)[C@H](CC(N)=O)NC(=O)c3ccc(CNC(=O)c4ccc(C#N)cc4)cc3)cc2)ccc(C(=O)Nc2ccc(C(=O)O)cc2)c1O. The van der Waals surface area contributed by atoms with Crippen molar-refractivity contribution in [2.75, 3.05) is 22.6 Å². The second-order valence-corrected chi connectivity index (χ2v) is 13.3. The molecule has 5 aromatic rings.